The Morgan fingerprint density at radius 3 is 2.33 bits per heavy atom. The number of hydrogen-bond donors (Lipinski definition) is 0. The number of halogens is 4. The van der Waals surface area contributed by atoms with E-state index in [1.54, 1.807) is 0 Å². The van der Waals surface area contributed by atoms with E-state index in [-0.39, 0.29) is 0 Å². The monoisotopic (exact) mass is 304 g/mol. The van der Waals surface area contributed by atoms with Crippen LogP contribution < -0.4 is 0 Å². The Hall–Kier alpha value is -1.14. The highest BCUT2D eigenvalue weighted by atomic mass is 19.4. The molecule has 2 nitrogen and oxygen atoms in total. The summed E-state index contributed by atoms with van der Waals surface area (Å²) in [5, 5.41) is 0. The van der Waals surface area contributed by atoms with Gasteiger partial charge in [-0.05, 0) is 44.1 Å². The zero-order valence-electron chi connectivity index (χ0n) is 12.1. The molecule has 0 unspecified atom stereocenters. The third-order valence-corrected chi connectivity index (χ3v) is 3.87. The number of likely N-dealkylation sites (N-methyl/N-ethyl adjacent to an activating group) is 1. The third kappa shape index (κ3) is 4.68. The van der Waals surface area contributed by atoms with Gasteiger partial charge in [0.15, 0.2) is 0 Å². The number of benzene rings is 1. The summed E-state index contributed by atoms with van der Waals surface area (Å²) < 4.78 is 50.8. The molecular weight excluding hydrogens is 284 g/mol. The summed E-state index contributed by atoms with van der Waals surface area (Å²) >= 11 is 0. The highest BCUT2D eigenvalue weighted by Gasteiger charge is 2.33. The molecule has 1 heterocycles. The molecule has 6 heteroatoms. The van der Waals surface area contributed by atoms with Gasteiger partial charge in [-0.2, -0.15) is 13.2 Å². The van der Waals surface area contributed by atoms with Crippen LogP contribution in [-0.2, 0) is 12.6 Å². The standard InChI is InChI=1S/C15H20F4N2/c1-20-7-9-21(10-8-20)6-2-3-12-4-5-13(14(16)11-12)15(17,18)19/h4-5,11H,2-3,6-10H2,1H3. The van der Waals surface area contributed by atoms with E-state index < -0.39 is 17.6 Å². The number of alkyl halides is 3. The van der Waals surface area contributed by atoms with Crippen LogP contribution in [0.1, 0.15) is 17.5 Å². The molecule has 0 aromatic heterocycles. The molecule has 0 amide bonds. The van der Waals surface area contributed by atoms with Crippen molar-refractivity contribution in [1.82, 2.24) is 9.80 Å². The minimum absolute atomic E-state index is 0.599. The molecule has 1 saturated heterocycles. The molecule has 0 aliphatic carbocycles. The van der Waals surface area contributed by atoms with Crippen molar-refractivity contribution in [3.63, 3.8) is 0 Å². The Labute approximate surface area is 122 Å². The van der Waals surface area contributed by atoms with Crippen LogP contribution in [-0.4, -0.2) is 49.6 Å². The first kappa shape index (κ1) is 16.2. The van der Waals surface area contributed by atoms with Crippen molar-refractivity contribution < 1.29 is 17.6 Å². The maximum absolute atomic E-state index is 13.4. The topological polar surface area (TPSA) is 6.48 Å². The predicted octanol–water partition coefficient (Wildman–Crippen LogP) is 3.02. The van der Waals surface area contributed by atoms with E-state index in [1.165, 1.54) is 6.07 Å². The van der Waals surface area contributed by atoms with E-state index in [1.807, 2.05) is 0 Å². The smallest absolute Gasteiger partial charge is 0.304 e. The lowest BCUT2D eigenvalue weighted by Gasteiger charge is -2.32. The van der Waals surface area contributed by atoms with E-state index in [2.05, 4.69) is 16.8 Å². The first-order valence-corrected chi connectivity index (χ1v) is 7.13. The van der Waals surface area contributed by atoms with Crippen molar-refractivity contribution in [2.75, 3.05) is 39.8 Å². The van der Waals surface area contributed by atoms with Gasteiger partial charge in [-0.25, -0.2) is 4.39 Å². The first-order chi connectivity index (χ1) is 9.86. The van der Waals surface area contributed by atoms with E-state index in [4.69, 9.17) is 0 Å². The summed E-state index contributed by atoms with van der Waals surface area (Å²) in [7, 11) is 2.09. The molecule has 21 heavy (non-hydrogen) atoms. The van der Waals surface area contributed by atoms with Crippen molar-refractivity contribution in [1.29, 1.82) is 0 Å². The van der Waals surface area contributed by atoms with E-state index in [0.29, 0.717) is 12.0 Å². The molecule has 0 N–H and O–H groups in total. The van der Waals surface area contributed by atoms with Crippen LogP contribution in [0.2, 0.25) is 0 Å². The Morgan fingerprint density at radius 2 is 1.76 bits per heavy atom. The second-order valence-corrected chi connectivity index (χ2v) is 5.56. The van der Waals surface area contributed by atoms with Crippen LogP contribution in [0.5, 0.6) is 0 Å². The highest BCUT2D eigenvalue weighted by molar-refractivity contribution is 5.26. The van der Waals surface area contributed by atoms with Crippen molar-refractivity contribution in [2.24, 2.45) is 0 Å². The van der Waals surface area contributed by atoms with Crippen LogP contribution >= 0.6 is 0 Å². The van der Waals surface area contributed by atoms with Crippen LogP contribution in [0.4, 0.5) is 17.6 Å². The molecule has 118 valence electrons. The maximum Gasteiger partial charge on any atom is 0.419 e. The molecule has 1 aliphatic heterocycles. The van der Waals surface area contributed by atoms with Crippen molar-refractivity contribution in [3.8, 4) is 0 Å². The molecule has 0 atom stereocenters. The molecule has 0 bridgehead atoms. The fourth-order valence-electron chi connectivity index (χ4n) is 2.52. The minimum atomic E-state index is -4.62. The lowest BCUT2D eigenvalue weighted by atomic mass is 10.1. The zero-order valence-corrected chi connectivity index (χ0v) is 12.1. The Morgan fingerprint density at radius 1 is 1.10 bits per heavy atom. The lowest BCUT2D eigenvalue weighted by Crippen LogP contribution is -2.44. The Kier molecular flexibility index (Phi) is 5.22. The Balaban J connectivity index is 1.82. The lowest BCUT2D eigenvalue weighted by molar-refractivity contribution is -0.140. The molecule has 1 aromatic carbocycles. The SMILES string of the molecule is CN1CCN(CCCc2ccc(C(F)(F)F)c(F)c2)CC1. The van der Waals surface area contributed by atoms with Crippen LogP contribution in [0.15, 0.2) is 18.2 Å². The summed E-state index contributed by atoms with van der Waals surface area (Å²) in [6.45, 7) is 5.00. The van der Waals surface area contributed by atoms with E-state index in [0.717, 1.165) is 51.3 Å². The second-order valence-electron chi connectivity index (χ2n) is 5.56. The number of nitrogens with zero attached hydrogens (tertiary/aromatic N) is 2. The van der Waals surface area contributed by atoms with E-state index >= 15 is 0 Å². The second kappa shape index (κ2) is 6.75. The van der Waals surface area contributed by atoms with Gasteiger partial charge in [0.25, 0.3) is 0 Å². The molecule has 2 rings (SSSR count). The van der Waals surface area contributed by atoms with Gasteiger partial charge in [-0.15, -0.1) is 0 Å². The maximum atomic E-state index is 13.4. The fourth-order valence-corrected chi connectivity index (χ4v) is 2.52. The molecular formula is C15H20F4N2. The fraction of sp³-hybridized carbons (Fsp3) is 0.600. The molecule has 1 fully saturated rings. The summed E-state index contributed by atoms with van der Waals surface area (Å²) in [4.78, 5) is 4.60. The highest BCUT2D eigenvalue weighted by Crippen LogP contribution is 2.31. The zero-order chi connectivity index (χ0) is 15.5. The van der Waals surface area contributed by atoms with Gasteiger partial charge in [-0.3, -0.25) is 0 Å². The van der Waals surface area contributed by atoms with Gasteiger partial charge in [0, 0.05) is 26.2 Å². The van der Waals surface area contributed by atoms with Crippen LogP contribution in [0.3, 0.4) is 0 Å². The van der Waals surface area contributed by atoms with Crippen molar-refractivity contribution in [2.45, 2.75) is 19.0 Å². The molecule has 0 spiro atoms. The normalized spacial score (nSPS) is 18.1. The average Bonchev–Trinajstić information content (AvgIpc) is 2.40. The van der Waals surface area contributed by atoms with Crippen LogP contribution in [0, 0.1) is 5.82 Å². The average molecular weight is 304 g/mol. The molecule has 0 radical (unpaired) electrons. The van der Waals surface area contributed by atoms with Gasteiger partial charge in [-0.1, -0.05) is 6.07 Å². The number of rotatable bonds is 4. The summed E-state index contributed by atoms with van der Waals surface area (Å²) in [5.41, 5.74) is -0.569. The van der Waals surface area contributed by atoms with Gasteiger partial charge < -0.3 is 9.80 Å². The number of hydrogen-bond acceptors (Lipinski definition) is 2. The van der Waals surface area contributed by atoms with Gasteiger partial charge in [0.2, 0.25) is 0 Å². The molecule has 1 aliphatic rings. The predicted molar refractivity (Wildman–Crippen MR) is 73.7 cm³/mol. The summed E-state index contributed by atoms with van der Waals surface area (Å²) in [5.74, 6) is -1.18. The third-order valence-electron chi connectivity index (χ3n) is 3.87. The largest absolute Gasteiger partial charge is 0.419 e. The van der Waals surface area contributed by atoms with Crippen molar-refractivity contribution >= 4 is 0 Å². The summed E-state index contributed by atoms with van der Waals surface area (Å²) in [6, 6.07) is 3.21. The van der Waals surface area contributed by atoms with Gasteiger partial charge in [0.05, 0.1) is 5.56 Å². The Bertz CT molecular complexity index is 465. The number of piperazine rings is 1. The van der Waals surface area contributed by atoms with Gasteiger partial charge in [0.1, 0.15) is 5.82 Å². The van der Waals surface area contributed by atoms with Crippen LogP contribution in [0.25, 0.3) is 0 Å². The molecule has 0 saturated carbocycles. The molecule has 1 aromatic rings. The first-order valence-electron chi connectivity index (χ1n) is 7.13. The minimum Gasteiger partial charge on any atom is -0.304 e. The number of aryl methyl sites for hydroxylation is 1. The van der Waals surface area contributed by atoms with Gasteiger partial charge >= 0.3 is 6.18 Å². The van der Waals surface area contributed by atoms with E-state index in [9.17, 15) is 17.6 Å². The summed E-state index contributed by atoms with van der Waals surface area (Å²) in [6.07, 6.45) is -3.20. The van der Waals surface area contributed by atoms with Crippen molar-refractivity contribution in [3.05, 3.63) is 35.1 Å². The quantitative estimate of drug-likeness (QED) is 0.789.